The summed E-state index contributed by atoms with van der Waals surface area (Å²) in [7, 11) is 1.31. The summed E-state index contributed by atoms with van der Waals surface area (Å²) in [5, 5.41) is 12.2. The first-order valence-electron chi connectivity index (χ1n) is 6.77. The van der Waals surface area contributed by atoms with Crippen LogP contribution in [0.3, 0.4) is 0 Å². The van der Waals surface area contributed by atoms with Crippen LogP contribution >= 0.6 is 11.3 Å². The molecule has 1 aliphatic heterocycles. The van der Waals surface area contributed by atoms with Crippen LogP contribution < -0.4 is 4.90 Å². The van der Waals surface area contributed by atoms with Gasteiger partial charge >= 0.3 is 11.0 Å². The maximum atomic E-state index is 12.5. The van der Waals surface area contributed by atoms with Crippen LogP contribution in [0.5, 0.6) is 0 Å². The smallest absolute Gasteiger partial charge is 0.337 e. The van der Waals surface area contributed by atoms with Gasteiger partial charge in [-0.1, -0.05) is 11.3 Å². The summed E-state index contributed by atoms with van der Waals surface area (Å²) in [5.41, 5.74) is 2.33. The SMILES string of the molecule is COC(=O)c1ccc2c(c1)CCN2C(=O)c1csc([N+](=O)[O-])c1. The second-order valence-corrected chi connectivity index (χ2v) is 5.86. The Labute approximate surface area is 135 Å². The van der Waals surface area contributed by atoms with Crippen molar-refractivity contribution in [2.24, 2.45) is 0 Å². The van der Waals surface area contributed by atoms with Crippen molar-refractivity contribution in [2.75, 3.05) is 18.6 Å². The second-order valence-electron chi connectivity index (χ2n) is 4.97. The number of carbonyl (C=O) groups is 2. The molecule has 118 valence electrons. The quantitative estimate of drug-likeness (QED) is 0.490. The van der Waals surface area contributed by atoms with Gasteiger partial charge in [-0.15, -0.1) is 0 Å². The van der Waals surface area contributed by atoms with Crippen LogP contribution in [0.2, 0.25) is 0 Å². The predicted molar refractivity (Wildman–Crippen MR) is 84.1 cm³/mol. The molecule has 0 radical (unpaired) electrons. The number of carbonyl (C=O) groups excluding carboxylic acids is 2. The number of nitro groups is 1. The molecule has 0 unspecified atom stereocenters. The van der Waals surface area contributed by atoms with E-state index in [0.29, 0.717) is 24.1 Å². The highest BCUT2D eigenvalue weighted by molar-refractivity contribution is 7.13. The lowest BCUT2D eigenvalue weighted by Gasteiger charge is -2.16. The molecule has 1 aliphatic rings. The highest BCUT2D eigenvalue weighted by Crippen LogP contribution is 2.32. The van der Waals surface area contributed by atoms with E-state index in [4.69, 9.17) is 0 Å². The minimum Gasteiger partial charge on any atom is -0.465 e. The Kier molecular flexibility index (Phi) is 3.83. The standard InChI is InChI=1S/C15H12N2O5S/c1-22-15(19)10-2-3-12-9(6-10)4-5-16(12)14(18)11-7-13(17(20)21)23-8-11/h2-3,6-8H,4-5H2,1H3. The number of hydrogen-bond acceptors (Lipinski definition) is 6. The fraction of sp³-hybridized carbons (Fsp3) is 0.200. The van der Waals surface area contributed by atoms with Crippen molar-refractivity contribution >= 4 is 33.9 Å². The first-order chi connectivity index (χ1) is 11.0. The van der Waals surface area contributed by atoms with Gasteiger partial charge in [-0.2, -0.15) is 0 Å². The third-order valence-electron chi connectivity index (χ3n) is 3.65. The maximum absolute atomic E-state index is 12.5. The molecule has 3 rings (SSSR count). The van der Waals surface area contributed by atoms with Crippen LogP contribution in [0.1, 0.15) is 26.3 Å². The minimum absolute atomic E-state index is 0.0613. The Morgan fingerprint density at radius 2 is 2.09 bits per heavy atom. The van der Waals surface area contributed by atoms with Gasteiger partial charge in [-0.25, -0.2) is 4.79 Å². The number of esters is 1. The van der Waals surface area contributed by atoms with Crippen molar-refractivity contribution in [3.05, 3.63) is 56.5 Å². The second kappa shape index (κ2) is 5.81. The molecule has 1 amide bonds. The fourth-order valence-electron chi connectivity index (χ4n) is 2.55. The molecule has 0 saturated heterocycles. The number of hydrogen-bond donors (Lipinski definition) is 0. The molecular weight excluding hydrogens is 320 g/mol. The summed E-state index contributed by atoms with van der Waals surface area (Å²) in [6, 6.07) is 6.30. The number of ether oxygens (including phenoxy) is 1. The number of anilines is 1. The van der Waals surface area contributed by atoms with E-state index in [0.717, 1.165) is 22.6 Å². The molecule has 0 atom stereocenters. The van der Waals surface area contributed by atoms with Crippen molar-refractivity contribution in [1.82, 2.24) is 0 Å². The van der Waals surface area contributed by atoms with E-state index >= 15 is 0 Å². The molecule has 0 fully saturated rings. The van der Waals surface area contributed by atoms with Crippen LogP contribution in [0, 0.1) is 10.1 Å². The van der Waals surface area contributed by atoms with Crippen molar-refractivity contribution in [2.45, 2.75) is 6.42 Å². The highest BCUT2D eigenvalue weighted by Gasteiger charge is 2.28. The van der Waals surface area contributed by atoms with Gasteiger partial charge in [0, 0.05) is 23.7 Å². The van der Waals surface area contributed by atoms with Crippen molar-refractivity contribution in [1.29, 1.82) is 0 Å². The zero-order valence-corrected chi connectivity index (χ0v) is 13.0. The molecule has 23 heavy (non-hydrogen) atoms. The summed E-state index contributed by atoms with van der Waals surface area (Å²) in [5.74, 6) is -0.704. The number of nitrogens with zero attached hydrogens (tertiary/aromatic N) is 2. The number of rotatable bonds is 3. The normalized spacial score (nSPS) is 12.8. The molecule has 0 N–H and O–H groups in total. The van der Waals surface area contributed by atoms with Gasteiger partial charge in [0.1, 0.15) is 0 Å². The van der Waals surface area contributed by atoms with Crippen LogP contribution in [0.4, 0.5) is 10.7 Å². The van der Waals surface area contributed by atoms with Crippen molar-refractivity contribution < 1.29 is 19.2 Å². The summed E-state index contributed by atoms with van der Waals surface area (Å²) in [4.78, 5) is 35.9. The third kappa shape index (κ3) is 2.68. The van der Waals surface area contributed by atoms with Gasteiger partial charge in [0.2, 0.25) is 0 Å². The Hall–Kier alpha value is -2.74. The molecule has 7 nitrogen and oxygen atoms in total. The Morgan fingerprint density at radius 3 is 2.74 bits per heavy atom. The van der Waals surface area contributed by atoms with Gasteiger partial charge in [-0.05, 0) is 30.2 Å². The van der Waals surface area contributed by atoms with Crippen LogP contribution in [0.15, 0.2) is 29.6 Å². The molecule has 1 aromatic carbocycles. The number of benzene rings is 1. The van der Waals surface area contributed by atoms with Crippen molar-refractivity contribution in [3.63, 3.8) is 0 Å². The molecule has 2 aromatic rings. The summed E-state index contributed by atoms with van der Waals surface area (Å²) >= 11 is 0.928. The van der Waals surface area contributed by atoms with Gasteiger partial charge in [-0.3, -0.25) is 14.9 Å². The minimum atomic E-state index is -0.512. The van der Waals surface area contributed by atoms with Gasteiger partial charge < -0.3 is 9.64 Å². The van der Waals surface area contributed by atoms with Crippen molar-refractivity contribution in [3.8, 4) is 0 Å². The molecule has 8 heteroatoms. The van der Waals surface area contributed by atoms with E-state index in [2.05, 4.69) is 4.74 Å². The van der Waals surface area contributed by atoms with Crippen LogP contribution in [-0.2, 0) is 11.2 Å². The molecule has 2 heterocycles. The zero-order valence-electron chi connectivity index (χ0n) is 12.1. The van der Waals surface area contributed by atoms with Gasteiger partial charge in [0.15, 0.2) is 0 Å². The highest BCUT2D eigenvalue weighted by atomic mass is 32.1. The molecule has 0 bridgehead atoms. The lowest BCUT2D eigenvalue weighted by molar-refractivity contribution is -0.380. The van der Waals surface area contributed by atoms with E-state index in [1.165, 1.54) is 18.6 Å². The maximum Gasteiger partial charge on any atom is 0.337 e. The zero-order chi connectivity index (χ0) is 16.6. The number of thiophene rings is 1. The molecule has 0 aliphatic carbocycles. The van der Waals surface area contributed by atoms with E-state index in [-0.39, 0.29) is 10.9 Å². The van der Waals surface area contributed by atoms with E-state index < -0.39 is 10.9 Å². The Bertz CT molecular complexity index is 814. The Balaban J connectivity index is 1.88. The van der Waals surface area contributed by atoms with E-state index in [1.807, 2.05) is 0 Å². The average Bonchev–Trinajstić information content (AvgIpc) is 3.19. The molecule has 0 saturated carbocycles. The number of amides is 1. The first kappa shape index (κ1) is 15.2. The van der Waals surface area contributed by atoms with Gasteiger partial charge in [0.25, 0.3) is 5.91 Å². The summed E-state index contributed by atoms with van der Waals surface area (Å²) in [6.45, 7) is 0.475. The van der Waals surface area contributed by atoms with E-state index in [9.17, 15) is 19.7 Å². The first-order valence-corrected chi connectivity index (χ1v) is 7.65. The monoisotopic (exact) mass is 332 g/mol. The number of fused-ring (bicyclic) bond motifs is 1. The molecule has 0 spiro atoms. The topological polar surface area (TPSA) is 89.8 Å². The molecular formula is C15H12N2O5S. The van der Waals surface area contributed by atoms with Crippen LogP contribution in [-0.4, -0.2) is 30.5 Å². The average molecular weight is 332 g/mol. The fourth-order valence-corrected chi connectivity index (χ4v) is 3.24. The number of methoxy groups -OCH3 is 1. The molecule has 1 aromatic heterocycles. The third-order valence-corrected chi connectivity index (χ3v) is 4.53. The summed E-state index contributed by atoms with van der Waals surface area (Å²) in [6.07, 6.45) is 0.623. The predicted octanol–water partition coefficient (Wildman–Crippen LogP) is 2.65. The Morgan fingerprint density at radius 1 is 1.30 bits per heavy atom. The van der Waals surface area contributed by atoms with Gasteiger partial charge in [0.05, 0.1) is 23.2 Å². The van der Waals surface area contributed by atoms with E-state index in [1.54, 1.807) is 23.1 Å². The largest absolute Gasteiger partial charge is 0.465 e. The summed E-state index contributed by atoms with van der Waals surface area (Å²) < 4.78 is 4.68. The lowest BCUT2D eigenvalue weighted by Crippen LogP contribution is -2.28. The van der Waals surface area contributed by atoms with Crippen LogP contribution in [0.25, 0.3) is 0 Å². The lowest BCUT2D eigenvalue weighted by atomic mass is 10.1.